The molecule has 16 heavy (non-hydrogen) atoms. The molecule has 0 saturated carbocycles. The molecule has 0 radical (unpaired) electrons. The van der Waals surface area contributed by atoms with Crippen LogP contribution in [-0.2, 0) is 6.42 Å². The molecule has 0 saturated heterocycles. The number of hydrogen-bond acceptors (Lipinski definition) is 2. The van der Waals surface area contributed by atoms with E-state index in [1.54, 1.807) is 0 Å². The number of rotatable bonds is 6. The summed E-state index contributed by atoms with van der Waals surface area (Å²) >= 11 is 0. The minimum absolute atomic E-state index is 0.191. The SMILES string of the molecule is CCc1ccc(C(NCCO)C(C)C)cc1. The summed E-state index contributed by atoms with van der Waals surface area (Å²) < 4.78 is 0. The molecule has 0 aliphatic carbocycles. The fourth-order valence-electron chi connectivity index (χ4n) is 1.92. The summed E-state index contributed by atoms with van der Waals surface area (Å²) in [5, 5.41) is 12.2. The van der Waals surface area contributed by atoms with Crippen molar-refractivity contribution in [3.8, 4) is 0 Å². The predicted octanol–water partition coefficient (Wildman–Crippen LogP) is 2.53. The van der Waals surface area contributed by atoms with Crippen molar-refractivity contribution in [3.63, 3.8) is 0 Å². The Balaban J connectivity index is 2.75. The van der Waals surface area contributed by atoms with E-state index in [0.29, 0.717) is 18.5 Å². The zero-order chi connectivity index (χ0) is 12.0. The largest absolute Gasteiger partial charge is 0.395 e. The van der Waals surface area contributed by atoms with E-state index < -0.39 is 0 Å². The molecule has 1 aromatic rings. The topological polar surface area (TPSA) is 32.3 Å². The molecule has 0 heterocycles. The van der Waals surface area contributed by atoms with Crippen LogP contribution in [0.2, 0.25) is 0 Å². The van der Waals surface area contributed by atoms with Crippen LogP contribution in [0.3, 0.4) is 0 Å². The number of benzene rings is 1. The molecule has 2 heteroatoms. The summed E-state index contributed by atoms with van der Waals surface area (Å²) in [6, 6.07) is 9.08. The quantitative estimate of drug-likeness (QED) is 0.773. The Bertz CT molecular complexity index is 292. The monoisotopic (exact) mass is 221 g/mol. The van der Waals surface area contributed by atoms with Gasteiger partial charge in [-0.2, -0.15) is 0 Å². The number of aliphatic hydroxyl groups excluding tert-OH is 1. The highest BCUT2D eigenvalue weighted by Crippen LogP contribution is 2.21. The molecule has 1 aromatic carbocycles. The Labute approximate surface area is 98.7 Å². The van der Waals surface area contributed by atoms with Gasteiger partial charge >= 0.3 is 0 Å². The van der Waals surface area contributed by atoms with Crippen molar-refractivity contribution in [1.29, 1.82) is 0 Å². The lowest BCUT2D eigenvalue weighted by molar-refractivity contribution is 0.274. The first-order valence-electron chi connectivity index (χ1n) is 6.12. The third-order valence-corrected chi connectivity index (χ3v) is 2.89. The number of hydrogen-bond donors (Lipinski definition) is 2. The third-order valence-electron chi connectivity index (χ3n) is 2.89. The first-order chi connectivity index (χ1) is 7.69. The second-order valence-corrected chi connectivity index (χ2v) is 4.49. The molecular weight excluding hydrogens is 198 g/mol. The van der Waals surface area contributed by atoms with Crippen molar-refractivity contribution in [1.82, 2.24) is 5.32 Å². The molecular formula is C14H23NO. The second-order valence-electron chi connectivity index (χ2n) is 4.49. The van der Waals surface area contributed by atoms with Crippen LogP contribution in [0.15, 0.2) is 24.3 Å². The lowest BCUT2D eigenvalue weighted by Gasteiger charge is -2.22. The average molecular weight is 221 g/mol. The highest BCUT2D eigenvalue weighted by molar-refractivity contribution is 5.25. The van der Waals surface area contributed by atoms with Crippen LogP contribution in [0.1, 0.15) is 37.9 Å². The van der Waals surface area contributed by atoms with E-state index in [0.717, 1.165) is 6.42 Å². The first-order valence-corrected chi connectivity index (χ1v) is 6.12. The molecule has 0 spiro atoms. The maximum Gasteiger partial charge on any atom is 0.0556 e. The lowest BCUT2D eigenvalue weighted by atomic mass is 9.95. The van der Waals surface area contributed by atoms with Crippen LogP contribution < -0.4 is 5.32 Å². The predicted molar refractivity (Wildman–Crippen MR) is 68.5 cm³/mol. The minimum Gasteiger partial charge on any atom is -0.395 e. The number of nitrogens with one attached hydrogen (secondary N) is 1. The maximum atomic E-state index is 8.86. The Morgan fingerprint density at radius 1 is 1.19 bits per heavy atom. The van der Waals surface area contributed by atoms with Gasteiger partial charge < -0.3 is 10.4 Å². The van der Waals surface area contributed by atoms with Gasteiger partial charge in [-0.15, -0.1) is 0 Å². The lowest BCUT2D eigenvalue weighted by Crippen LogP contribution is -2.28. The molecule has 2 N–H and O–H groups in total. The van der Waals surface area contributed by atoms with Gasteiger partial charge in [0.15, 0.2) is 0 Å². The normalized spacial score (nSPS) is 13.1. The summed E-state index contributed by atoms with van der Waals surface area (Å²) in [6.07, 6.45) is 1.08. The van der Waals surface area contributed by atoms with Gasteiger partial charge in [0.2, 0.25) is 0 Å². The van der Waals surface area contributed by atoms with E-state index in [4.69, 9.17) is 5.11 Å². The van der Waals surface area contributed by atoms with Crippen molar-refractivity contribution in [2.45, 2.75) is 33.2 Å². The van der Waals surface area contributed by atoms with Crippen molar-refractivity contribution >= 4 is 0 Å². The van der Waals surface area contributed by atoms with Crippen molar-refractivity contribution in [2.24, 2.45) is 5.92 Å². The fourth-order valence-corrected chi connectivity index (χ4v) is 1.92. The van der Waals surface area contributed by atoms with Crippen LogP contribution in [0.25, 0.3) is 0 Å². The molecule has 90 valence electrons. The molecule has 2 nitrogen and oxygen atoms in total. The molecule has 1 atom stereocenters. The van der Waals surface area contributed by atoms with Gasteiger partial charge in [0, 0.05) is 12.6 Å². The van der Waals surface area contributed by atoms with Crippen LogP contribution in [0.5, 0.6) is 0 Å². The highest BCUT2D eigenvalue weighted by Gasteiger charge is 2.14. The Kier molecular flexibility index (Phi) is 5.50. The fraction of sp³-hybridized carbons (Fsp3) is 0.571. The van der Waals surface area contributed by atoms with Crippen LogP contribution in [0, 0.1) is 5.92 Å². The molecule has 0 aliphatic rings. The standard InChI is InChI=1S/C14H23NO/c1-4-12-5-7-13(8-6-12)14(11(2)3)15-9-10-16/h5-8,11,14-16H,4,9-10H2,1-3H3. The van der Waals surface area contributed by atoms with Gasteiger partial charge in [-0.1, -0.05) is 45.0 Å². The van der Waals surface area contributed by atoms with Crippen molar-refractivity contribution in [3.05, 3.63) is 35.4 Å². The van der Waals surface area contributed by atoms with E-state index in [-0.39, 0.29) is 6.61 Å². The van der Waals surface area contributed by atoms with Gasteiger partial charge in [0.25, 0.3) is 0 Å². The van der Waals surface area contributed by atoms with E-state index in [1.807, 2.05) is 0 Å². The van der Waals surface area contributed by atoms with Gasteiger partial charge in [0.05, 0.1) is 6.61 Å². The Morgan fingerprint density at radius 2 is 1.81 bits per heavy atom. The molecule has 0 aliphatic heterocycles. The third kappa shape index (κ3) is 3.62. The zero-order valence-corrected chi connectivity index (χ0v) is 10.5. The molecule has 0 bridgehead atoms. The van der Waals surface area contributed by atoms with Gasteiger partial charge in [-0.25, -0.2) is 0 Å². The van der Waals surface area contributed by atoms with Crippen LogP contribution in [-0.4, -0.2) is 18.3 Å². The van der Waals surface area contributed by atoms with Gasteiger partial charge in [-0.05, 0) is 23.5 Å². The Morgan fingerprint density at radius 3 is 2.25 bits per heavy atom. The summed E-state index contributed by atoms with van der Waals surface area (Å²) in [5.41, 5.74) is 2.68. The Hall–Kier alpha value is -0.860. The molecule has 0 fully saturated rings. The van der Waals surface area contributed by atoms with Gasteiger partial charge in [-0.3, -0.25) is 0 Å². The smallest absolute Gasteiger partial charge is 0.0556 e. The maximum absolute atomic E-state index is 8.86. The van der Waals surface area contributed by atoms with E-state index in [9.17, 15) is 0 Å². The zero-order valence-electron chi connectivity index (χ0n) is 10.5. The summed E-state index contributed by atoms with van der Waals surface area (Å²) in [4.78, 5) is 0. The second kappa shape index (κ2) is 6.66. The molecule has 0 aromatic heterocycles. The van der Waals surface area contributed by atoms with Gasteiger partial charge in [0.1, 0.15) is 0 Å². The van der Waals surface area contributed by atoms with E-state index in [2.05, 4.69) is 50.4 Å². The van der Waals surface area contributed by atoms with E-state index in [1.165, 1.54) is 11.1 Å². The van der Waals surface area contributed by atoms with Crippen LogP contribution in [0.4, 0.5) is 0 Å². The average Bonchev–Trinajstić information content (AvgIpc) is 2.30. The highest BCUT2D eigenvalue weighted by atomic mass is 16.3. The molecule has 1 rings (SSSR count). The van der Waals surface area contributed by atoms with Crippen molar-refractivity contribution < 1.29 is 5.11 Å². The minimum atomic E-state index is 0.191. The number of aliphatic hydroxyl groups is 1. The number of aryl methyl sites for hydroxylation is 1. The molecule has 1 unspecified atom stereocenters. The summed E-state index contributed by atoms with van der Waals surface area (Å²) in [6.45, 7) is 7.40. The summed E-state index contributed by atoms with van der Waals surface area (Å²) in [7, 11) is 0. The van der Waals surface area contributed by atoms with E-state index >= 15 is 0 Å². The van der Waals surface area contributed by atoms with Crippen LogP contribution >= 0.6 is 0 Å². The summed E-state index contributed by atoms with van der Waals surface area (Å²) in [5.74, 6) is 0.527. The first kappa shape index (κ1) is 13.2. The molecule has 0 amide bonds. The van der Waals surface area contributed by atoms with Crippen molar-refractivity contribution in [2.75, 3.05) is 13.2 Å².